The van der Waals surface area contributed by atoms with Crippen LogP contribution < -0.4 is 15.4 Å². The molecule has 0 saturated heterocycles. The summed E-state index contributed by atoms with van der Waals surface area (Å²) in [6.45, 7) is 0.456. The zero-order valence-corrected chi connectivity index (χ0v) is 15.6. The van der Waals surface area contributed by atoms with Gasteiger partial charge in [0.25, 0.3) is 5.91 Å². The molecule has 1 aromatic carbocycles. The molecule has 26 heavy (non-hydrogen) atoms. The van der Waals surface area contributed by atoms with Crippen molar-refractivity contribution in [2.75, 3.05) is 20.2 Å². The van der Waals surface area contributed by atoms with Crippen LogP contribution in [-0.4, -0.2) is 36.6 Å². The predicted molar refractivity (Wildman–Crippen MR) is 103 cm³/mol. The average molecular weight is 371 g/mol. The molecule has 2 amide bonds. The Kier molecular flexibility index (Phi) is 5.58. The number of hydrogen-bond acceptors (Lipinski definition) is 4. The number of carbonyl (C=O) groups is 2. The van der Waals surface area contributed by atoms with E-state index in [4.69, 9.17) is 4.74 Å². The van der Waals surface area contributed by atoms with Crippen molar-refractivity contribution in [2.45, 2.75) is 6.42 Å². The number of aromatic nitrogens is 1. The van der Waals surface area contributed by atoms with Gasteiger partial charge in [0.15, 0.2) is 0 Å². The summed E-state index contributed by atoms with van der Waals surface area (Å²) in [6.07, 6.45) is 0.699. The van der Waals surface area contributed by atoms with Crippen molar-refractivity contribution < 1.29 is 14.3 Å². The first-order valence-electron chi connectivity index (χ1n) is 8.29. The number of rotatable bonds is 7. The monoisotopic (exact) mass is 371 g/mol. The largest absolute Gasteiger partial charge is 0.497 e. The second kappa shape index (κ2) is 8.05. The number of benzene rings is 1. The third-order valence-electron chi connectivity index (χ3n) is 4.18. The number of carbonyl (C=O) groups excluding carboxylic acids is 2. The number of ether oxygens (including phenoxy) is 1. The molecule has 2 heterocycles. The first-order chi connectivity index (χ1) is 12.6. The summed E-state index contributed by atoms with van der Waals surface area (Å²) >= 11 is 1.59. The third-order valence-corrected chi connectivity index (χ3v) is 5.03. The van der Waals surface area contributed by atoms with Gasteiger partial charge in [0.05, 0.1) is 23.9 Å². The summed E-state index contributed by atoms with van der Waals surface area (Å²) < 4.78 is 8.07. The maximum atomic E-state index is 12.3. The lowest BCUT2D eigenvalue weighted by Crippen LogP contribution is -2.38. The SMILES string of the molecule is COc1cccc(CCNC(=O)CNC(=O)c2cc3sccc3n2C)c1. The molecule has 0 aliphatic heterocycles. The van der Waals surface area contributed by atoms with Crippen LogP contribution in [0.4, 0.5) is 0 Å². The van der Waals surface area contributed by atoms with E-state index in [1.807, 2.05) is 53.4 Å². The molecule has 136 valence electrons. The van der Waals surface area contributed by atoms with Crippen molar-refractivity contribution in [1.29, 1.82) is 0 Å². The van der Waals surface area contributed by atoms with E-state index < -0.39 is 0 Å². The Morgan fingerprint density at radius 3 is 2.81 bits per heavy atom. The van der Waals surface area contributed by atoms with Gasteiger partial charge in [-0.15, -0.1) is 11.3 Å². The molecule has 0 aliphatic rings. The van der Waals surface area contributed by atoms with Crippen LogP contribution in [0.25, 0.3) is 10.2 Å². The number of methoxy groups -OCH3 is 1. The molecule has 0 atom stereocenters. The number of hydrogen-bond donors (Lipinski definition) is 2. The minimum absolute atomic E-state index is 0.0459. The van der Waals surface area contributed by atoms with E-state index in [1.54, 1.807) is 18.4 Å². The molecule has 0 spiro atoms. The maximum Gasteiger partial charge on any atom is 0.268 e. The highest BCUT2D eigenvalue weighted by atomic mass is 32.1. The van der Waals surface area contributed by atoms with Crippen molar-refractivity contribution in [3.8, 4) is 5.75 Å². The molecule has 3 aromatic rings. The normalized spacial score (nSPS) is 10.7. The van der Waals surface area contributed by atoms with Crippen LogP contribution in [0.5, 0.6) is 5.75 Å². The van der Waals surface area contributed by atoms with E-state index in [1.165, 1.54) is 0 Å². The third kappa shape index (κ3) is 4.05. The molecule has 2 N–H and O–H groups in total. The molecular formula is C19H21N3O3S. The smallest absolute Gasteiger partial charge is 0.268 e. The highest BCUT2D eigenvalue weighted by molar-refractivity contribution is 7.17. The van der Waals surface area contributed by atoms with Crippen LogP contribution in [0, 0.1) is 0 Å². The van der Waals surface area contributed by atoms with Gasteiger partial charge in [0.1, 0.15) is 11.4 Å². The van der Waals surface area contributed by atoms with E-state index >= 15 is 0 Å². The van der Waals surface area contributed by atoms with Gasteiger partial charge >= 0.3 is 0 Å². The quantitative estimate of drug-likeness (QED) is 0.670. The molecule has 0 unspecified atom stereocenters. The molecule has 3 rings (SSSR count). The van der Waals surface area contributed by atoms with Gasteiger partial charge in [-0.05, 0) is 41.6 Å². The lowest BCUT2D eigenvalue weighted by Gasteiger charge is -2.08. The zero-order chi connectivity index (χ0) is 18.5. The van der Waals surface area contributed by atoms with Crippen molar-refractivity contribution in [2.24, 2.45) is 7.05 Å². The topological polar surface area (TPSA) is 72.4 Å². The molecule has 0 bridgehead atoms. The fourth-order valence-corrected chi connectivity index (χ4v) is 3.60. The number of nitrogens with zero attached hydrogens (tertiary/aromatic N) is 1. The molecule has 2 aromatic heterocycles. The molecular weight excluding hydrogens is 350 g/mol. The van der Waals surface area contributed by atoms with Crippen molar-refractivity contribution >= 4 is 33.4 Å². The summed E-state index contributed by atoms with van der Waals surface area (Å²) in [4.78, 5) is 24.2. The highest BCUT2D eigenvalue weighted by Gasteiger charge is 2.14. The number of amides is 2. The van der Waals surface area contributed by atoms with Gasteiger partial charge in [-0.25, -0.2) is 0 Å². The minimum Gasteiger partial charge on any atom is -0.497 e. The van der Waals surface area contributed by atoms with Gasteiger partial charge in [0.2, 0.25) is 5.91 Å². The lowest BCUT2D eigenvalue weighted by molar-refractivity contribution is -0.120. The van der Waals surface area contributed by atoms with Crippen LogP contribution in [-0.2, 0) is 18.3 Å². The van der Waals surface area contributed by atoms with Gasteiger partial charge in [-0.1, -0.05) is 12.1 Å². The summed E-state index contributed by atoms with van der Waals surface area (Å²) in [7, 11) is 3.47. The Morgan fingerprint density at radius 2 is 2.04 bits per heavy atom. The Hall–Kier alpha value is -2.80. The number of nitrogens with one attached hydrogen (secondary N) is 2. The van der Waals surface area contributed by atoms with E-state index in [0.29, 0.717) is 18.7 Å². The summed E-state index contributed by atoms with van der Waals surface area (Å²) in [6, 6.07) is 11.5. The first-order valence-corrected chi connectivity index (χ1v) is 9.17. The molecule has 0 fully saturated rings. The molecule has 7 heteroatoms. The van der Waals surface area contributed by atoms with Crippen LogP contribution in [0.1, 0.15) is 16.1 Å². The standard InChI is InChI=1S/C19H21N3O3S/c1-22-15-7-9-26-17(15)11-16(22)19(24)21-12-18(23)20-8-6-13-4-3-5-14(10-13)25-2/h3-5,7,9-11H,6,8,12H2,1-2H3,(H,20,23)(H,21,24). The van der Waals surface area contributed by atoms with Gasteiger partial charge in [-0.2, -0.15) is 0 Å². The van der Waals surface area contributed by atoms with Crippen molar-refractivity contribution in [1.82, 2.24) is 15.2 Å². The molecule has 0 radical (unpaired) electrons. The van der Waals surface area contributed by atoms with E-state index in [2.05, 4.69) is 10.6 Å². The number of thiophene rings is 1. The summed E-state index contributed by atoms with van der Waals surface area (Å²) in [5, 5.41) is 7.47. The Bertz CT molecular complexity index is 929. The van der Waals surface area contributed by atoms with E-state index in [0.717, 1.165) is 21.5 Å². The van der Waals surface area contributed by atoms with Crippen LogP contribution >= 0.6 is 11.3 Å². The van der Waals surface area contributed by atoms with Crippen LogP contribution in [0.15, 0.2) is 41.8 Å². The van der Waals surface area contributed by atoms with Crippen LogP contribution in [0.2, 0.25) is 0 Å². The maximum absolute atomic E-state index is 12.3. The second-order valence-electron chi connectivity index (χ2n) is 5.89. The zero-order valence-electron chi connectivity index (χ0n) is 14.7. The molecule has 0 saturated carbocycles. The summed E-state index contributed by atoms with van der Waals surface area (Å²) in [5.41, 5.74) is 2.65. The average Bonchev–Trinajstić information content (AvgIpc) is 3.23. The van der Waals surface area contributed by atoms with Gasteiger partial charge in [0, 0.05) is 13.6 Å². The first kappa shape index (κ1) is 18.0. The highest BCUT2D eigenvalue weighted by Crippen LogP contribution is 2.23. The lowest BCUT2D eigenvalue weighted by atomic mass is 10.1. The van der Waals surface area contributed by atoms with E-state index in [9.17, 15) is 9.59 Å². The number of fused-ring (bicyclic) bond motifs is 1. The van der Waals surface area contributed by atoms with E-state index in [-0.39, 0.29) is 18.4 Å². The molecule has 6 nitrogen and oxygen atoms in total. The second-order valence-corrected chi connectivity index (χ2v) is 6.84. The Balaban J connectivity index is 1.45. The number of aryl methyl sites for hydroxylation is 1. The fraction of sp³-hybridized carbons (Fsp3) is 0.263. The van der Waals surface area contributed by atoms with Gasteiger partial charge < -0.3 is 19.9 Å². The Labute approximate surface area is 155 Å². The summed E-state index contributed by atoms with van der Waals surface area (Å²) in [5.74, 6) is 0.333. The van der Waals surface area contributed by atoms with Crippen LogP contribution in [0.3, 0.4) is 0 Å². The van der Waals surface area contributed by atoms with Gasteiger partial charge in [-0.3, -0.25) is 9.59 Å². The molecule has 0 aliphatic carbocycles. The fourth-order valence-electron chi connectivity index (χ4n) is 2.76. The predicted octanol–water partition coefficient (Wildman–Crippen LogP) is 2.34. The van der Waals surface area contributed by atoms with Crippen molar-refractivity contribution in [3.05, 3.63) is 53.0 Å². The Morgan fingerprint density at radius 1 is 1.19 bits per heavy atom. The minimum atomic E-state index is -0.251. The van der Waals surface area contributed by atoms with Crippen molar-refractivity contribution in [3.63, 3.8) is 0 Å².